The molecule has 0 spiro atoms. The van der Waals surface area contributed by atoms with Gasteiger partial charge in [-0.05, 0) is 37.5 Å². The maximum atomic E-state index is 13.1. The van der Waals surface area contributed by atoms with Crippen LogP contribution in [0.1, 0.15) is 401 Å². The number of esters is 4. The summed E-state index contributed by atoms with van der Waals surface area (Å²) >= 11 is 0. The Labute approximate surface area is 588 Å². The summed E-state index contributed by atoms with van der Waals surface area (Å²) in [6.07, 6.45) is 56.9. The number of aliphatic hydroxyl groups is 1. The molecule has 0 fully saturated rings. The molecule has 0 saturated heterocycles. The van der Waals surface area contributed by atoms with Crippen LogP contribution in [0.15, 0.2) is 0 Å². The first-order valence-electron chi connectivity index (χ1n) is 40.0. The Bertz CT molecular complexity index is 1860. The van der Waals surface area contributed by atoms with Gasteiger partial charge in [0.15, 0.2) is 12.2 Å². The highest BCUT2D eigenvalue weighted by Gasteiger charge is 2.30. The Kier molecular flexibility index (Phi) is 67.4. The van der Waals surface area contributed by atoms with Crippen molar-refractivity contribution in [3.8, 4) is 0 Å². The summed E-state index contributed by atoms with van der Waals surface area (Å²) in [4.78, 5) is 72.8. The second kappa shape index (κ2) is 68.8. The number of hydrogen-bond donors (Lipinski definition) is 3. The van der Waals surface area contributed by atoms with E-state index in [2.05, 4.69) is 41.5 Å². The zero-order chi connectivity index (χ0) is 70.7. The number of aliphatic hydroxyl groups excluding tert-OH is 1. The van der Waals surface area contributed by atoms with E-state index in [0.29, 0.717) is 25.7 Å². The van der Waals surface area contributed by atoms with E-state index in [-0.39, 0.29) is 25.7 Å². The van der Waals surface area contributed by atoms with E-state index in [1.165, 1.54) is 212 Å². The van der Waals surface area contributed by atoms with Crippen LogP contribution in [0.2, 0.25) is 0 Å². The van der Waals surface area contributed by atoms with Crippen LogP contribution < -0.4 is 0 Å². The molecule has 5 atom stereocenters. The molecule has 17 nitrogen and oxygen atoms in total. The molecule has 0 saturated carbocycles. The highest BCUT2D eigenvalue weighted by atomic mass is 31.2. The van der Waals surface area contributed by atoms with Crippen molar-refractivity contribution < 1.29 is 80.2 Å². The molecule has 0 bridgehead atoms. The summed E-state index contributed by atoms with van der Waals surface area (Å²) in [5.74, 6) is -0.565. The van der Waals surface area contributed by atoms with Crippen molar-refractivity contribution in [2.24, 2.45) is 11.8 Å². The number of unbranched alkanes of at least 4 members (excludes halogenated alkanes) is 46. The lowest BCUT2D eigenvalue weighted by Crippen LogP contribution is -2.30. The van der Waals surface area contributed by atoms with Crippen LogP contribution in [0, 0.1) is 11.8 Å². The van der Waals surface area contributed by atoms with Gasteiger partial charge in [-0.15, -0.1) is 0 Å². The molecule has 0 aromatic heterocycles. The predicted molar refractivity (Wildman–Crippen MR) is 391 cm³/mol. The fourth-order valence-corrected chi connectivity index (χ4v) is 13.4. The third kappa shape index (κ3) is 70.5. The van der Waals surface area contributed by atoms with Crippen molar-refractivity contribution >= 4 is 39.5 Å². The van der Waals surface area contributed by atoms with E-state index in [9.17, 15) is 43.2 Å². The molecule has 0 aromatic carbocycles. The Morgan fingerprint density at radius 1 is 0.281 bits per heavy atom. The van der Waals surface area contributed by atoms with Gasteiger partial charge in [-0.2, -0.15) is 0 Å². The molecule has 0 aliphatic heterocycles. The molecule has 570 valence electrons. The molecule has 96 heavy (non-hydrogen) atoms. The Balaban J connectivity index is 5.21. The minimum absolute atomic E-state index is 0.106. The summed E-state index contributed by atoms with van der Waals surface area (Å²) in [7, 11) is -9.91. The average Bonchev–Trinajstić information content (AvgIpc) is 1.26. The molecule has 0 radical (unpaired) electrons. The lowest BCUT2D eigenvalue weighted by Gasteiger charge is -2.21. The minimum atomic E-state index is -4.96. The van der Waals surface area contributed by atoms with Crippen LogP contribution in [-0.4, -0.2) is 96.7 Å². The molecule has 19 heteroatoms. The van der Waals surface area contributed by atoms with Crippen molar-refractivity contribution in [3.05, 3.63) is 0 Å². The van der Waals surface area contributed by atoms with Gasteiger partial charge in [0.1, 0.15) is 19.3 Å². The Morgan fingerprint density at radius 3 is 0.708 bits per heavy atom. The van der Waals surface area contributed by atoms with Crippen LogP contribution in [-0.2, 0) is 65.4 Å². The summed E-state index contributed by atoms with van der Waals surface area (Å²) in [6, 6.07) is 0. The highest BCUT2D eigenvalue weighted by molar-refractivity contribution is 7.47. The maximum Gasteiger partial charge on any atom is 0.472 e. The monoisotopic (exact) mass is 1410 g/mol. The lowest BCUT2D eigenvalue weighted by molar-refractivity contribution is -0.161. The third-order valence-corrected chi connectivity index (χ3v) is 19.9. The number of hydrogen-bond acceptors (Lipinski definition) is 15. The van der Waals surface area contributed by atoms with Crippen LogP contribution in [0.5, 0.6) is 0 Å². The molecule has 0 heterocycles. The van der Waals surface area contributed by atoms with Gasteiger partial charge in [0.05, 0.1) is 26.4 Å². The minimum Gasteiger partial charge on any atom is -0.462 e. The number of carbonyl (C=O) groups is 4. The molecular formula is C77H150O17P2. The number of phosphoric acid groups is 2. The van der Waals surface area contributed by atoms with E-state index >= 15 is 0 Å². The topological polar surface area (TPSA) is 237 Å². The van der Waals surface area contributed by atoms with E-state index in [4.69, 9.17) is 37.0 Å². The quantitative estimate of drug-likeness (QED) is 0.0222. The van der Waals surface area contributed by atoms with Crippen LogP contribution in [0.3, 0.4) is 0 Å². The van der Waals surface area contributed by atoms with Gasteiger partial charge in [0.25, 0.3) is 0 Å². The van der Waals surface area contributed by atoms with Crippen molar-refractivity contribution in [1.29, 1.82) is 0 Å². The van der Waals surface area contributed by atoms with Crippen molar-refractivity contribution in [1.82, 2.24) is 0 Å². The highest BCUT2D eigenvalue weighted by Crippen LogP contribution is 2.45. The fourth-order valence-electron chi connectivity index (χ4n) is 11.8. The van der Waals surface area contributed by atoms with E-state index in [0.717, 1.165) is 108 Å². The van der Waals surface area contributed by atoms with Gasteiger partial charge in [-0.1, -0.05) is 350 Å². The standard InChI is InChI=1S/C77H150O17P2/c1-7-9-11-13-15-17-18-19-20-21-22-23-28-31-37-43-49-55-61-76(81)94-73(66-88-75(80)60-54-48-42-36-30-27-25-24-26-29-34-39-45-51-57-69(3)4)68-92-96(85,86)90-64-71(78)63-89-95(83,84)91-67-72(65-87-74(79)59-53-47-41-16-14-12-10-8-2)93-77(82)62-56-50-44-38-33-32-35-40-46-52-58-70(5)6/h69-73,78H,7-68H2,1-6H3,(H,83,84)(H,85,86)/t71-,72+,73+/m0/s1. The number of carbonyl (C=O) groups excluding carboxylic acids is 4. The molecular weight excluding hydrogens is 1260 g/mol. The zero-order valence-corrected chi connectivity index (χ0v) is 64.5. The second-order valence-electron chi connectivity index (χ2n) is 28.7. The largest absolute Gasteiger partial charge is 0.472 e. The first kappa shape index (κ1) is 94.1. The molecule has 0 amide bonds. The Hall–Kier alpha value is -1.94. The van der Waals surface area contributed by atoms with E-state index in [1.807, 2.05) is 0 Å². The zero-order valence-electron chi connectivity index (χ0n) is 62.7. The van der Waals surface area contributed by atoms with Crippen molar-refractivity contribution in [3.63, 3.8) is 0 Å². The summed E-state index contributed by atoms with van der Waals surface area (Å²) in [5, 5.41) is 10.6. The van der Waals surface area contributed by atoms with Crippen LogP contribution in [0.25, 0.3) is 0 Å². The molecule has 0 aliphatic carbocycles. The summed E-state index contributed by atoms with van der Waals surface area (Å²) < 4.78 is 68.5. The fraction of sp³-hybridized carbons (Fsp3) is 0.948. The molecule has 3 N–H and O–H groups in total. The number of rotatable bonds is 76. The first-order chi connectivity index (χ1) is 46.4. The summed E-state index contributed by atoms with van der Waals surface area (Å²) in [5.41, 5.74) is 0. The maximum absolute atomic E-state index is 13.1. The lowest BCUT2D eigenvalue weighted by atomic mass is 10.0. The normalized spacial score (nSPS) is 14.0. The van der Waals surface area contributed by atoms with Gasteiger partial charge < -0.3 is 33.8 Å². The smallest absolute Gasteiger partial charge is 0.462 e. The SMILES string of the molecule is CCCCCCCCCCCCCCCCCCCCC(=O)O[C@H](COC(=O)CCCCCCCCCCCCCCCCC(C)C)COP(=O)(O)OC[C@@H](O)COP(=O)(O)OC[C@@H](COC(=O)CCCCCCCCCC)OC(=O)CCCCCCCCCCCCC(C)C. The third-order valence-electron chi connectivity index (χ3n) is 18.0. The molecule has 0 rings (SSSR count). The number of ether oxygens (including phenoxy) is 4. The van der Waals surface area contributed by atoms with Crippen LogP contribution >= 0.6 is 15.6 Å². The predicted octanol–water partition coefficient (Wildman–Crippen LogP) is 22.7. The van der Waals surface area contributed by atoms with Gasteiger partial charge in [-0.3, -0.25) is 37.3 Å². The van der Waals surface area contributed by atoms with Gasteiger partial charge >= 0.3 is 39.5 Å². The van der Waals surface area contributed by atoms with E-state index in [1.54, 1.807) is 0 Å². The van der Waals surface area contributed by atoms with Crippen molar-refractivity contribution in [2.45, 2.75) is 419 Å². The first-order valence-corrected chi connectivity index (χ1v) is 43.0. The van der Waals surface area contributed by atoms with E-state index < -0.39 is 97.5 Å². The van der Waals surface area contributed by atoms with Crippen molar-refractivity contribution in [2.75, 3.05) is 39.6 Å². The van der Waals surface area contributed by atoms with Gasteiger partial charge in [-0.25, -0.2) is 9.13 Å². The van der Waals surface area contributed by atoms with Gasteiger partial charge in [0.2, 0.25) is 0 Å². The number of phosphoric ester groups is 2. The second-order valence-corrected chi connectivity index (χ2v) is 31.6. The molecule has 0 aliphatic rings. The molecule has 2 unspecified atom stereocenters. The van der Waals surface area contributed by atoms with Gasteiger partial charge in [0, 0.05) is 25.7 Å². The molecule has 0 aromatic rings. The van der Waals surface area contributed by atoms with Crippen LogP contribution in [0.4, 0.5) is 0 Å². The summed E-state index contributed by atoms with van der Waals surface area (Å²) in [6.45, 7) is 9.59. The Morgan fingerprint density at radius 2 is 0.479 bits per heavy atom. The average molecular weight is 1410 g/mol.